The van der Waals surface area contributed by atoms with E-state index in [0.717, 1.165) is 28.3 Å². The smallest absolute Gasteiger partial charge is 0.141 e. The largest absolute Gasteiger partial charge is 0.358 e. The second-order valence-electron chi connectivity index (χ2n) is 5.46. The van der Waals surface area contributed by atoms with Gasteiger partial charge in [0, 0.05) is 13.6 Å². The van der Waals surface area contributed by atoms with Crippen LogP contribution in [0.1, 0.15) is 31.7 Å². The third-order valence-corrected chi connectivity index (χ3v) is 4.07. The molecule has 106 valence electrons. The van der Waals surface area contributed by atoms with Gasteiger partial charge in [0.05, 0.1) is 17.9 Å². The molecule has 5 heteroatoms. The Morgan fingerprint density at radius 3 is 2.80 bits per heavy atom. The molecular weight excluding hydrogens is 268 g/mol. The molecule has 0 radical (unpaired) electrons. The molecule has 0 saturated carbocycles. The lowest BCUT2D eigenvalue weighted by atomic mass is 10.0. The summed E-state index contributed by atoms with van der Waals surface area (Å²) >= 11 is 1.68. The first kappa shape index (κ1) is 14.7. The fourth-order valence-corrected chi connectivity index (χ4v) is 3.27. The first-order chi connectivity index (χ1) is 9.52. The lowest BCUT2D eigenvalue weighted by Crippen LogP contribution is -2.20. The van der Waals surface area contributed by atoms with E-state index in [2.05, 4.69) is 40.2 Å². The van der Waals surface area contributed by atoms with Crippen LogP contribution in [0.15, 0.2) is 5.38 Å². The van der Waals surface area contributed by atoms with E-state index in [1.54, 1.807) is 11.3 Å². The molecule has 20 heavy (non-hydrogen) atoms. The molecule has 0 N–H and O–H groups in total. The minimum Gasteiger partial charge on any atom is -0.358 e. The highest BCUT2D eigenvalue weighted by Crippen LogP contribution is 2.33. The highest BCUT2D eigenvalue weighted by Gasteiger charge is 2.16. The average molecular weight is 288 g/mol. The summed E-state index contributed by atoms with van der Waals surface area (Å²) in [4.78, 5) is 12.3. The van der Waals surface area contributed by atoms with Crippen molar-refractivity contribution in [2.75, 3.05) is 18.5 Å². The van der Waals surface area contributed by atoms with E-state index < -0.39 is 0 Å². The molecule has 0 spiro atoms. The Labute approximate surface area is 124 Å². The number of thiophene rings is 1. The van der Waals surface area contributed by atoms with Crippen LogP contribution in [0.5, 0.6) is 0 Å². The fraction of sp³-hybridized carbons (Fsp3) is 0.533. The minimum absolute atomic E-state index is 0.505. The summed E-state index contributed by atoms with van der Waals surface area (Å²) in [6, 6.07) is 2.19. The van der Waals surface area contributed by atoms with E-state index in [1.165, 1.54) is 5.56 Å². The van der Waals surface area contributed by atoms with E-state index in [9.17, 15) is 0 Å². The van der Waals surface area contributed by atoms with E-state index in [4.69, 9.17) is 5.26 Å². The van der Waals surface area contributed by atoms with Crippen molar-refractivity contribution in [1.29, 1.82) is 5.26 Å². The van der Waals surface area contributed by atoms with Gasteiger partial charge < -0.3 is 4.90 Å². The number of aryl methyl sites for hydroxylation is 1. The Kier molecular flexibility index (Phi) is 4.56. The van der Waals surface area contributed by atoms with Crippen LogP contribution in [0.25, 0.3) is 10.2 Å². The van der Waals surface area contributed by atoms with Crippen molar-refractivity contribution < 1.29 is 0 Å². The van der Waals surface area contributed by atoms with Gasteiger partial charge in [0.1, 0.15) is 16.5 Å². The maximum absolute atomic E-state index is 8.76. The molecule has 0 saturated heterocycles. The number of fused-ring (bicyclic) bond motifs is 1. The van der Waals surface area contributed by atoms with Crippen LogP contribution >= 0.6 is 11.3 Å². The zero-order valence-corrected chi connectivity index (χ0v) is 13.3. The van der Waals surface area contributed by atoms with E-state index >= 15 is 0 Å². The molecule has 2 aromatic rings. The molecule has 0 unspecified atom stereocenters. The topological polar surface area (TPSA) is 52.8 Å². The molecule has 0 bridgehead atoms. The second kappa shape index (κ2) is 6.19. The molecule has 0 fully saturated rings. The number of hydrogen-bond acceptors (Lipinski definition) is 5. The van der Waals surface area contributed by atoms with Gasteiger partial charge in [-0.05, 0) is 30.2 Å². The van der Waals surface area contributed by atoms with Crippen LogP contribution in [0, 0.1) is 24.2 Å². The summed E-state index contributed by atoms with van der Waals surface area (Å²) in [6.45, 7) is 7.05. The first-order valence-corrected chi connectivity index (χ1v) is 7.73. The number of rotatable bonds is 5. The van der Waals surface area contributed by atoms with Crippen LogP contribution in [0.2, 0.25) is 0 Å². The van der Waals surface area contributed by atoms with Crippen molar-refractivity contribution >= 4 is 27.4 Å². The lowest BCUT2D eigenvalue weighted by molar-refractivity contribution is 0.651. The van der Waals surface area contributed by atoms with Gasteiger partial charge in [0.2, 0.25) is 0 Å². The van der Waals surface area contributed by atoms with E-state index in [1.807, 2.05) is 14.0 Å². The average Bonchev–Trinajstić information content (AvgIpc) is 2.77. The molecule has 0 aliphatic carbocycles. The Morgan fingerprint density at radius 1 is 1.40 bits per heavy atom. The van der Waals surface area contributed by atoms with Crippen LogP contribution in [-0.2, 0) is 6.42 Å². The number of nitriles is 1. The van der Waals surface area contributed by atoms with Gasteiger partial charge in [0.25, 0.3) is 0 Å². The predicted octanol–water partition coefficient (Wildman–Crippen LogP) is 3.55. The Hall–Kier alpha value is -1.67. The number of aromatic nitrogens is 2. The van der Waals surface area contributed by atoms with Gasteiger partial charge in [-0.15, -0.1) is 11.3 Å². The molecular formula is C15H20N4S. The van der Waals surface area contributed by atoms with Crippen molar-refractivity contribution in [2.45, 2.75) is 33.6 Å². The second-order valence-corrected chi connectivity index (χ2v) is 6.32. The fourth-order valence-electron chi connectivity index (χ4n) is 2.27. The maximum atomic E-state index is 8.76. The van der Waals surface area contributed by atoms with E-state index in [0.29, 0.717) is 18.9 Å². The summed E-state index contributed by atoms with van der Waals surface area (Å²) < 4.78 is 0. The summed E-state index contributed by atoms with van der Waals surface area (Å²) in [5, 5.41) is 12.1. The quantitative estimate of drug-likeness (QED) is 0.844. The molecule has 0 atom stereocenters. The van der Waals surface area contributed by atoms with Crippen LogP contribution in [0.4, 0.5) is 5.82 Å². The molecule has 0 aromatic carbocycles. The Balaban J connectivity index is 2.50. The summed E-state index contributed by atoms with van der Waals surface area (Å²) in [5.74, 6) is 2.35. The van der Waals surface area contributed by atoms with Gasteiger partial charge in [-0.25, -0.2) is 9.97 Å². The van der Waals surface area contributed by atoms with E-state index in [-0.39, 0.29) is 0 Å². The van der Waals surface area contributed by atoms with Crippen molar-refractivity contribution in [2.24, 2.45) is 5.92 Å². The van der Waals surface area contributed by atoms with Gasteiger partial charge in [-0.2, -0.15) is 5.26 Å². The van der Waals surface area contributed by atoms with Gasteiger partial charge in [-0.1, -0.05) is 13.8 Å². The van der Waals surface area contributed by atoms with Crippen LogP contribution in [-0.4, -0.2) is 23.6 Å². The molecule has 2 rings (SSSR count). The standard InChI is InChI=1S/C15H20N4S/c1-10(2)8-12-9-20-15-13(12)14(17-11(3)18-15)19(4)7-5-6-16/h9-10H,5,7-8H2,1-4H3. The summed E-state index contributed by atoms with van der Waals surface area (Å²) in [5.41, 5.74) is 1.32. The SMILES string of the molecule is Cc1nc(N(C)CCC#N)c2c(CC(C)C)csc2n1. The highest BCUT2D eigenvalue weighted by molar-refractivity contribution is 7.17. The zero-order chi connectivity index (χ0) is 14.7. The maximum Gasteiger partial charge on any atom is 0.141 e. The predicted molar refractivity (Wildman–Crippen MR) is 84.2 cm³/mol. The van der Waals surface area contributed by atoms with Gasteiger partial charge in [0.15, 0.2) is 0 Å². The third-order valence-electron chi connectivity index (χ3n) is 3.15. The third kappa shape index (κ3) is 3.07. The van der Waals surface area contributed by atoms with Crippen molar-refractivity contribution in [1.82, 2.24) is 9.97 Å². The normalized spacial score (nSPS) is 11.0. The summed E-state index contributed by atoms with van der Waals surface area (Å²) in [6.07, 6.45) is 1.54. The number of nitrogens with zero attached hydrogens (tertiary/aromatic N) is 4. The van der Waals surface area contributed by atoms with Gasteiger partial charge in [-0.3, -0.25) is 0 Å². The van der Waals surface area contributed by atoms with Crippen molar-refractivity contribution in [3.63, 3.8) is 0 Å². The van der Waals surface area contributed by atoms with Crippen LogP contribution in [0.3, 0.4) is 0 Å². The molecule has 2 heterocycles. The first-order valence-electron chi connectivity index (χ1n) is 6.85. The molecule has 0 aliphatic heterocycles. The highest BCUT2D eigenvalue weighted by atomic mass is 32.1. The van der Waals surface area contributed by atoms with Crippen molar-refractivity contribution in [3.05, 3.63) is 16.8 Å². The zero-order valence-electron chi connectivity index (χ0n) is 12.5. The number of hydrogen-bond donors (Lipinski definition) is 0. The number of anilines is 1. The molecule has 4 nitrogen and oxygen atoms in total. The molecule has 0 amide bonds. The summed E-state index contributed by atoms with van der Waals surface area (Å²) in [7, 11) is 2.00. The Morgan fingerprint density at radius 2 is 2.15 bits per heavy atom. The van der Waals surface area contributed by atoms with Crippen LogP contribution < -0.4 is 4.90 Å². The minimum atomic E-state index is 0.505. The Bertz CT molecular complexity index is 639. The monoisotopic (exact) mass is 288 g/mol. The molecule has 2 aromatic heterocycles. The molecule has 0 aliphatic rings. The van der Waals surface area contributed by atoms with Gasteiger partial charge >= 0.3 is 0 Å². The van der Waals surface area contributed by atoms with Crippen molar-refractivity contribution in [3.8, 4) is 6.07 Å². The lowest BCUT2D eigenvalue weighted by Gasteiger charge is -2.19.